The zero-order valence-corrected chi connectivity index (χ0v) is 18.7. The summed E-state index contributed by atoms with van der Waals surface area (Å²) < 4.78 is 10.6. The largest absolute Gasteiger partial charge is 0.453 e. The Morgan fingerprint density at radius 2 is 1.78 bits per heavy atom. The first-order valence-corrected chi connectivity index (χ1v) is 10.7. The number of rotatable bonds is 9. The summed E-state index contributed by atoms with van der Waals surface area (Å²) in [6, 6.07) is 12.3. The lowest BCUT2D eigenvalue weighted by Gasteiger charge is -2.21. The third-order valence-electron chi connectivity index (χ3n) is 4.91. The van der Waals surface area contributed by atoms with Gasteiger partial charge in [-0.25, -0.2) is 4.79 Å². The van der Waals surface area contributed by atoms with Crippen LogP contribution in [0.2, 0.25) is 5.02 Å². The van der Waals surface area contributed by atoms with Gasteiger partial charge in [-0.1, -0.05) is 23.7 Å². The Kier molecular flexibility index (Phi) is 8.08. The molecule has 3 amide bonds. The highest BCUT2D eigenvalue weighted by atomic mass is 35.5. The standard InChI is InChI=1S/C23H26ClN3O5/c1-25-21(28)16-10-15(11-17(12-16)22(29)27-19-6-7-19)20(14-4-3-5-18(24)13-14)32-9-8-26-23(30)31-2/h3-5,10-13,19-20H,6-9H2,1-2H3,(H,25,28)(H,26,30)(H,27,29). The number of ether oxygens (including phenoxy) is 2. The number of hydrogen-bond acceptors (Lipinski definition) is 5. The van der Waals surface area contributed by atoms with Crippen LogP contribution < -0.4 is 16.0 Å². The lowest BCUT2D eigenvalue weighted by atomic mass is 9.96. The van der Waals surface area contributed by atoms with Gasteiger partial charge in [-0.3, -0.25) is 9.59 Å². The van der Waals surface area contributed by atoms with E-state index in [1.54, 1.807) is 36.4 Å². The van der Waals surface area contributed by atoms with E-state index in [1.165, 1.54) is 14.2 Å². The second-order valence-corrected chi connectivity index (χ2v) is 7.83. The fraction of sp³-hybridized carbons (Fsp3) is 0.348. The van der Waals surface area contributed by atoms with Crippen molar-refractivity contribution in [2.45, 2.75) is 25.0 Å². The van der Waals surface area contributed by atoms with E-state index >= 15 is 0 Å². The van der Waals surface area contributed by atoms with Crippen molar-refractivity contribution < 1.29 is 23.9 Å². The Balaban J connectivity index is 1.94. The van der Waals surface area contributed by atoms with E-state index in [9.17, 15) is 14.4 Å². The van der Waals surface area contributed by atoms with Crippen LogP contribution in [-0.2, 0) is 9.47 Å². The molecule has 1 aliphatic carbocycles. The van der Waals surface area contributed by atoms with Crippen LogP contribution in [0, 0.1) is 0 Å². The van der Waals surface area contributed by atoms with Gasteiger partial charge < -0.3 is 25.4 Å². The molecule has 0 bridgehead atoms. The Bertz CT molecular complexity index is 993. The molecule has 3 N–H and O–H groups in total. The zero-order chi connectivity index (χ0) is 23.1. The smallest absolute Gasteiger partial charge is 0.406 e. The fourth-order valence-electron chi connectivity index (χ4n) is 3.16. The highest BCUT2D eigenvalue weighted by Crippen LogP contribution is 2.30. The maximum Gasteiger partial charge on any atom is 0.406 e. The Morgan fingerprint density at radius 3 is 2.41 bits per heavy atom. The molecule has 0 spiro atoms. The van der Waals surface area contributed by atoms with Gasteiger partial charge in [0, 0.05) is 35.8 Å². The summed E-state index contributed by atoms with van der Waals surface area (Å²) in [6.07, 6.45) is 0.725. The van der Waals surface area contributed by atoms with Crippen molar-refractivity contribution in [2.24, 2.45) is 0 Å². The topological polar surface area (TPSA) is 106 Å². The van der Waals surface area contributed by atoms with Crippen molar-refractivity contribution in [3.63, 3.8) is 0 Å². The van der Waals surface area contributed by atoms with Gasteiger partial charge >= 0.3 is 6.09 Å². The Hall–Kier alpha value is -3.10. The van der Waals surface area contributed by atoms with Crippen LogP contribution in [0.5, 0.6) is 0 Å². The average molecular weight is 460 g/mol. The molecule has 170 valence electrons. The molecule has 3 rings (SSSR count). The highest BCUT2D eigenvalue weighted by Gasteiger charge is 2.25. The number of alkyl carbamates (subject to hydrolysis) is 1. The molecule has 1 unspecified atom stereocenters. The summed E-state index contributed by atoms with van der Waals surface area (Å²) in [7, 11) is 2.81. The minimum atomic E-state index is -0.620. The molecule has 0 saturated heterocycles. The summed E-state index contributed by atoms with van der Waals surface area (Å²) in [5.41, 5.74) is 2.08. The number of carbonyl (C=O) groups excluding carboxylic acids is 3. The van der Waals surface area contributed by atoms with Crippen molar-refractivity contribution in [3.8, 4) is 0 Å². The molecule has 0 radical (unpaired) electrons. The predicted octanol–water partition coefficient (Wildman–Crippen LogP) is 3.05. The van der Waals surface area contributed by atoms with E-state index in [-0.39, 0.29) is 31.0 Å². The van der Waals surface area contributed by atoms with Crippen LogP contribution >= 0.6 is 11.6 Å². The molecule has 8 nitrogen and oxygen atoms in total. The van der Waals surface area contributed by atoms with Gasteiger partial charge in [-0.2, -0.15) is 0 Å². The van der Waals surface area contributed by atoms with Crippen molar-refractivity contribution in [3.05, 3.63) is 69.7 Å². The van der Waals surface area contributed by atoms with Crippen LogP contribution in [0.4, 0.5) is 4.79 Å². The van der Waals surface area contributed by atoms with Crippen LogP contribution in [0.1, 0.15) is 50.8 Å². The normalized spacial score (nSPS) is 13.7. The van der Waals surface area contributed by atoms with Crippen LogP contribution in [0.25, 0.3) is 0 Å². The Labute approximate surface area is 191 Å². The van der Waals surface area contributed by atoms with E-state index in [1.807, 2.05) is 6.07 Å². The first-order chi connectivity index (χ1) is 15.4. The molecule has 0 heterocycles. The number of halogens is 1. The molecule has 2 aromatic rings. The average Bonchev–Trinajstić information content (AvgIpc) is 3.61. The number of nitrogens with one attached hydrogen (secondary N) is 3. The second kappa shape index (κ2) is 11.0. The molecule has 0 aliphatic heterocycles. The SMILES string of the molecule is CNC(=O)c1cc(C(=O)NC2CC2)cc(C(OCCNC(=O)OC)c2cccc(Cl)c2)c1. The van der Waals surface area contributed by atoms with Gasteiger partial charge in [0.2, 0.25) is 0 Å². The van der Waals surface area contributed by atoms with Crippen molar-refractivity contribution in [1.29, 1.82) is 0 Å². The molecule has 1 atom stereocenters. The summed E-state index contributed by atoms with van der Waals surface area (Å²) in [6.45, 7) is 0.383. The predicted molar refractivity (Wildman–Crippen MR) is 120 cm³/mol. The van der Waals surface area contributed by atoms with Crippen LogP contribution in [0.15, 0.2) is 42.5 Å². The van der Waals surface area contributed by atoms with Crippen molar-refractivity contribution in [2.75, 3.05) is 27.3 Å². The van der Waals surface area contributed by atoms with Gasteiger partial charge in [-0.15, -0.1) is 0 Å². The minimum absolute atomic E-state index is 0.167. The highest BCUT2D eigenvalue weighted by molar-refractivity contribution is 6.30. The Morgan fingerprint density at radius 1 is 1.06 bits per heavy atom. The monoisotopic (exact) mass is 459 g/mol. The quantitative estimate of drug-likeness (QED) is 0.500. The van der Waals surface area contributed by atoms with E-state index < -0.39 is 12.2 Å². The van der Waals surface area contributed by atoms with E-state index in [4.69, 9.17) is 16.3 Å². The van der Waals surface area contributed by atoms with Gasteiger partial charge in [0.1, 0.15) is 6.10 Å². The summed E-state index contributed by atoms with van der Waals surface area (Å²) in [5.74, 6) is -0.554. The lowest BCUT2D eigenvalue weighted by Crippen LogP contribution is -2.28. The van der Waals surface area contributed by atoms with Crippen LogP contribution in [0.3, 0.4) is 0 Å². The zero-order valence-electron chi connectivity index (χ0n) is 17.9. The molecule has 1 fully saturated rings. The van der Waals surface area contributed by atoms with Gasteiger partial charge in [0.15, 0.2) is 0 Å². The number of methoxy groups -OCH3 is 1. The van der Waals surface area contributed by atoms with E-state index in [0.717, 1.165) is 18.4 Å². The van der Waals surface area contributed by atoms with Crippen molar-refractivity contribution in [1.82, 2.24) is 16.0 Å². The maximum absolute atomic E-state index is 12.7. The van der Waals surface area contributed by atoms with E-state index in [0.29, 0.717) is 21.7 Å². The maximum atomic E-state index is 12.7. The molecule has 9 heteroatoms. The molecule has 32 heavy (non-hydrogen) atoms. The number of benzene rings is 2. The molecule has 2 aromatic carbocycles. The number of carbonyl (C=O) groups is 3. The number of hydrogen-bond donors (Lipinski definition) is 3. The van der Waals surface area contributed by atoms with E-state index in [2.05, 4.69) is 20.7 Å². The van der Waals surface area contributed by atoms with Crippen LogP contribution in [-0.4, -0.2) is 51.3 Å². The summed E-state index contributed by atoms with van der Waals surface area (Å²) in [4.78, 5) is 36.4. The summed E-state index contributed by atoms with van der Waals surface area (Å²) >= 11 is 6.19. The van der Waals surface area contributed by atoms with Gasteiger partial charge in [0.25, 0.3) is 11.8 Å². The third-order valence-corrected chi connectivity index (χ3v) is 5.15. The minimum Gasteiger partial charge on any atom is -0.453 e. The van der Waals surface area contributed by atoms with Gasteiger partial charge in [0.05, 0.1) is 13.7 Å². The van der Waals surface area contributed by atoms with Crippen molar-refractivity contribution >= 4 is 29.5 Å². The first-order valence-electron chi connectivity index (χ1n) is 10.3. The second-order valence-electron chi connectivity index (χ2n) is 7.39. The molecule has 1 aliphatic rings. The molecular formula is C23H26ClN3O5. The molecule has 0 aromatic heterocycles. The molecule has 1 saturated carbocycles. The first kappa shape index (κ1) is 23.6. The fourth-order valence-corrected chi connectivity index (χ4v) is 3.36. The molecular weight excluding hydrogens is 434 g/mol. The third kappa shape index (κ3) is 6.45. The number of amides is 3. The summed E-state index contributed by atoms with van der Waals surface area (Å²) in [5, 5.41) is 8.62. The lowest BCUT2D eigenvalue weighted by molar-refractivity contribution is 0.0802. The van der Waals surface area contributed by atoms with Gasteiger partial charge in [-0.05, 0) is 54.3 Å².